The standard InChI is InChI=1S/C16H7F5N2O3S/c1-27-16-23-22-14(26-16)6-2-4-7(5-3-6)15(24)25-13-11(20)9(18)8(17)10(19)12(13)21/h2-5H,1H3. The number of carbonyl (C=O) groups is 1. The Kier molecular flexibility index (Phi) is 5.13. The minimum atomic E-state index is -2.35. The van der Waals surface area contributed by atoms with Gasteiger partial charge in [-0.2, -0.15) is 8.78 Å². The lowest BCUT2D eigenvalue weighted by atomic mass is 10.1. The van der Waals surface area contributed by atoms with Gasteiger partial charge in [-0.05, 0) is 30.5 Å². The van der Waals surface area contributed by atoms with Crippen LogP contribution in [-0.2, 0) is 0 Å². The predicted molar refractivity (Wildman–Crippen MR) is 82.7 cm³/mol. The highest BCUT2D eigenvalue weighted by molar-refractivity contribution is 7.98. The van der Waals surface area contributed by atoms with Crippen molar-refractivity contribution in [1.29, 1.82) is 0 Å². The topological polar surface area (TPSA) is 65.2 Å². The van der Waals surface area contributed by atoms with Gasteiger partial charge in [-0.15, -0.1) is 10.2 Å². The van der Waals surface area contributed by atoms with Crippen LogP contribution in [-0.4, -0.2) is 22.4 Å². The number of hydrogen-bond donors (Lipinski definition) is 0. The van der Waals surface area contributed by atoms with Crippen LogP contribution in [0.15, 0.2) is 33.9 Å². The third kappa shape index (κ3) is 3.50. The molecule has 0 fully saturated rings. The summed E-state index contributed by atoms with van der Waals surface area (Å²) in [6, 6.07) is 5.17. The third-order valence-electron chi connectivity index (χ3n) is 3.31. The molecule has 1 aromatic heterocycles. The molecule has 0 radical (unpaired) electrons. The van der Waals surface area contributed by atoms with E-state index in [0.29, 0.717) is 10.8 Å². The molecule has 3 rings (SSSR count). The van der Waals surface area contributed by atoms with Crippen LogP contribution in [0.3, 0.4) is 0 Å². The van der Waals surface area contributed by atoms with Crippen molar-refractivity contribution in [1.82, 2.24) is 10.2 Å². The zero-order chi connectivity index (χ0) is 19.7. The van der Waals surface area contributed by atoms with Crippen LogP contribution in [0.25, 0.3) is 11.5 Å². The molecular weight excluding hydrogens is 395 g/mol. The van der Waals surface area contributed by atoms with E-state index in [0.717, 1.165) is 0 Å². The van der Waals surface area contributed by atoms with Gasteiger partial charge in [-0.3, -0.25) is 0 Å². The van der Waals surface area contributed by atoms with Crippen LogP contribution >= 0.6 is 11.8 Å². The quantitative estimate of drug-likeness (QED) is 0.161. The molecule has 27 heavy (non-hydrogen) atoms. The summed E-state index contributed by atoms with van der Waals surface area (Å²) in [6.07, 6.45) is 1.73. The summed E-state index contributed by atoms with van der Waals surface area (Å²) in [5, 5.41) is 7.84. The summed E-state index contributed by atoms with van der Waals surface area (Å²) in [5.41, 5.74) is 0.239. The Morgan fingerprint density at radius 2 is 1.48 bits per heavy atom. The van der Waals surface area contributed by atoms with Crippen molar-refractivity contribution in [2.24, 2.45) is 0 Å². The third-order valence-corrected chi connectivity index (χ3v) is 3.83. The van der Waals surface area contributed by atoms with Gasteiger partial charge in [-0.1, -0.05) is 11.8 Å². The number of rotatable bonds is 4. The van der Waals surface area contributed by atoms with Crippen LogP contribution in [0, 0.1) is 29.1 Å². The molecule has 3 aromatic rings. The summed E-state index contributed by atoms with van der Waals surface area (Å²) in [7, 11) is 0. The fourth-order valence-corrected chi connectivity index (χ4v) is 2.27. The summed E-state index contributed by atoms with van der Waals surface area (Å²) in [6.45, 7) is 0. The number of ether oxygens (including phenoxy) is 1. The summed E-state index contributed by atoms with van der Waals surface area (Å²) >= 11 is 1.23. The molecule has 5 nitrogen and oxygen atoms in total. The van der Waals surface area contributed by atoms with E-state index < -0.39 is 40.8 Å². The van der Waals surface area contributed by atoms with Gasteiger partial charge in [0.25, 0.3) is 5.22 Å². The molecular formula is C16H7F5N2O3S. The fourth-order valence-electron chi connectivity index (χ4n) is 1.98. The number of thioether (sulfide) groups is 1. The molecule has 0 N–H and O–H groups in total. The Balaban J connectivity index is 1.85. The zero-order valence-corrected chi connectivity index (χ0v) is 14.0. The Hall–Kier alpha value is -2.95. The number of nitrogens with zero attached hydrogens (tertiary/aromatic N) is 2. The van der Waals surface area contributed by atoms with E-state index in [9.17, 15) is 26.7 Å². The van der Waals surface area contributed by atoms with E-state index in [4.69, 9.17) is 4.42 Å². The first-order valence-electron chi connectivity index (χ1n) is 7.05. The van der Waals surface area contributed by atoms with Gasteiger partial charge in [0.15, 0.2) is 0 Å². The molecule has 2 aromatic carbocycles. The van der Waals surface area contributed by atoms with E-state index in [2.05, 4.69) is 14.9 Å². The average molecular weight is 402 g/mol. The number of benzene rings is 2. The van der Waals surface area contributed by atoms with Gasteiger partial charge in [0.2, 0.25) is 40.7 Å². The smallest absolute Gasteiger partial charge is 0.343 e. The first kappa shape index (κ1) is 18.8. The van der Waals surface area contributed by atoms with Crippen molar-refractivity contribution in [2.45, 2.75) is 5.22 Å². The maximum atomic E-state index is 13.6. The average Bonchev–Trinajstić information content (AvgIpc) is 3.17. The lowest BCUT2D eigenvalue weighted by Gasteiger charge is -2.09. The minimum Gasteiger partial charge on any atom is -0.416 e. The van der Waals surface area contributed by atoms with Crippen LogP contribution in [0.4, 0.5) is 22.0 Å². The molecule has 0 aliphatic heterocycles. The van der Waals surface area contributed by atoms with Gasteiger partial charge in [0.05, 0.1) is 5.56 Å². The van der Waals surface area contributed by atoms with E-state index in [1.54, 1.807) is 6.26 Å². The minimum absolute atomic E-state index is 0.166. The molecule has 11 heteroatoms. The predicted octanol–water partition coefficient (Wildman–Crippen LogP) is 4.37. The van der Waals surface area contributed by atoms with E-state index in [-0.39, 0.29) is 11.5 Å². The highest BCUT2D eigenvalue weighted by Gasteiger charge is 2.28. The lowest BCUT2D eigenvalue weighted by molar-refractivity contribution is 0.0716. The Morgan fingerprint density at radius 1 is 0.926 bits per heavy atom. The number of esters is 1. The van der Waals surface area contributed by atoms with Gasteiger partial charge in [0, 0.05) is 5.56 Å². The zero-order valence-electron chi connectivity index (χ0n) is 13.2. The van der Waals surface area contributed by atoms with Crippen LogP contribution in [0.5, 0.6) is 5.75 Å². The number of hydrogen-bond acceptors (Lipinski definition) is 6. The molecule has 0 amide bonds. The molecule has 0 atom stereocenters. The number of carbonyl (C=O) groups excluding carboxylic acids is 1. The first-order valence-corrected chi connectivity index (χ1v) is 8.27. The van der Waals surface area contributed by atoms with Crippen molar-refractivity contribution >= 4 is 17.7 Å². The van der Waals surface area contributed by atoms with Crippen molar-refractivity contribution in [3.8, 4) is 17.2 Å². The lowest BCUT2D eigenvalue weighted by Crippen LogP contribution is -2.13. The van der Waals surface area contributed by atoms with E-state index in [1.807, 2.05) is 0 Å². The second-order valence-corrected chi connectivity index (χ2v) is 5.70. The molecule has 0 saturated carbocycles. The number of halogens is 5. The van der Waals surface area contributed by atoms with E-state index >= 15 is 0 Å². The normalized spacial score (nSPS) is 10.9. The molecule has 0 spiro atoms. The summed E-state index contributed by atoms with van der Waals surface area (Å²) < 4.78 is 76.1. The fraction of sp³-hybridized carbons (Fsp3) is 0.0625. The second kappa shape index (κ2) is 7.35. The van der Waals surface area contributed by atoms with Crippen molar-refractivity contribution in [2.75, 3.05) is 6.26 Å². The summed E-state index contributed by atoms with van der Waals surface area (Å²) in [5.74, 6) is -14.1. The molecule has 1 heterocycles. The first-order chi connectivity index (χ1) is 12.8. The Labute approximate surface area is 152 Å². The second-order valence-electron chi connectivity index (χ2n) is 4.94. The van der Waals surface area contributed by atoms with Gasteiger partial charge in [-0.25, -0.2) is 18.0 Å². The van der Waals surface area contributed by atoms with E-state index in [1.165, 1.54) is 36.0 Å². The Morgan fingerprint density at radius 3 is 2.00 bits per heavy atom. The van der Waals surface area contributed by atoms with Crippen LogP contribution in [0.1, 0.15) is 10.4 Å². The largest absolute Gasteiger partial charge is 0.416 e. The molecule has 140 valence electrons. The summed E-state index contributed by atoms with van der Waals surface area (Å²) in [4.78, 5) is 12.0. The SMILES string of the molecule is CSc1nnc(-c2ccc(C(=O)Oc3c(F)c(F)c(F)c(F)c3F)cc2)o1. The maximum Gasteiger partial charge on any atom is 0.343 e. The molecule has 0 aliphatic rings. The van der Waals surface area contributed by atoms with Crippen molar-refractivity contribution in [3.05, 3.63) is 58.9 Å². The monoisotopic (exact) mass is 402 g/mol. The van der Waals surface area contributed by atoms with Crippen molar-refractivity contribution in [3.63, 3.8) is 0 Å². The van der Waals surface area contributed by atoms with Crippen LogP contribution < -0.4 is 4.74 Å². The number of aromatic nitrogens is 2. The van der Waals surface area contributed by atoms with Gasteiger partial charge in [0.1, 0.15) is 0 Å². The molecule has 0 aliphatic carbocycles. The van der Waals surface area contributed by atoms with Crippen LogP contribution in [0.2, 0.25) is 0 Å². The maximum absolute atomic E-state index is 13.6. The highest BCUT2D eigenvalue weighted by atomic mass is 32.2. The highest BCUT2D eigenvalue weighted by Crippen LogP contribution is 2.30. The molecule has 0 unspecified atom stereocenters. The molecule has 0 bridgehead atoms. The van der Waals surface area contributed by atoms with Gasteiger partial charge >= 0.3 is 5.97 Å². The van der Waals surface area contributed by atoms with Gasteiger partial charge < -0.3 is 9.15 Å². The molecule has 0 saturated heterocycles. The van der Waals surface area contributed by atoms with Crippen molar-refractivity contribution < 1.29 is 35.9 Å². The Bertz CT molecular complexity index is 995.